The Morgan fingerprint density at radius 3 is 2.50 bits per heavy atom. The molecule has 2 aliphatic heterocycles. The molecule has 4 rings (SSSR count). The molecule has 0 aromatic heterocycles. The number of hydrogen-bond acceptors (Lipinski definition) is 4. The minimum Gasteiger partial charge on any atom is -0.353 e. The number of amides is 2. The van der Waals surface area contributed by atoms with Crippen LogP contribution in [0.1, 0.15) is 42.5 Å². The summed E-state index contributed by atoms with van der Waals surface area (Å²) in [6, 6.07) is 5.06. The molecule has 7 heteroatoms. The molecule has 1 aromatic rings. The van der Waals surface area contributed by atoms with Crippen LogP contribution in [0.5, 0.6) is 0 Å². The van der Waals surface area contributed by atoms with E-state index in [0.29, 0.717) is 13.1 Å². The second kappa shape index (κ2) is 7.79. The fraction of sp³-hybridized carbons (Fsp3) is 0.619. The Labute approximate surface area is 165 Å². The van der Waals surface area contributed by atoms with Gasteiger partial charge in [-0.2, -0.15) is 0 Å². The summed E-state index contributed by atoms with van der Waals surface area (Å²) >= 11 is 0. The molecule has 3 aliphatic rings. The smallest absolute Gasteiger partial charge is 0.256 e. The van der Waals surface area contributed by atoms with Gasteiger partial charge in [-0.05, 0) is 50.9 Å². The first-order valence-corrected chi connectivity index (χ1v) is 10.2. The van der Waals surface area contributed by atoms with E-state index in [0.717, 1.165) is 45.2 Å². The standard InChI is InChI=1S/C21H28FN3O3/c1-23-10-12-24(13-11-23)20(27)18-15-28-21(8-3-2-4-9-21)25(18)19(26)16-6-5-7-17(22)14-16/h5-7,14,18H,2-4,8-13,15H2,1H3. The second-order valence-electron chi connectivity index (χ2n) is 8.15. The highest BCUT2D eigenvalue weighted by molar-refractivity contribution is 5.98. The minimum atomic E-state index is -0.742. The Morgan fingerprint density at radius 2 is 1.82 bits per heavy atom. The van der Waals surface area contributed by atoms with Crippen LogP contribution >= 0.6 is 0 Å². The van der Waals surface area contributed by atoms with E-state index in [4.69, 9.17) is 4.74 Å². The van der Waals surface area contributed by atoms with Crippen molar-refractivity contribution in [2.24, 2.45) is 0 Å². The third kappa shape index (κ3) is 3.53. The zero-order valence-corrected chi connectivity index (χ0v) is 16.4. The minimum absolute atomic E-state index is 0.0553. The molecular formula is C21H28FN3O3. The number of carbonyl (C=O) groups is 2. The first-order chi connectivity index (χ1) is 13.5. The molecule has 0 radical (unpaired) electrons. The van der Waals surface area contributed by atoms with Gasteiger partial charge < -0.3 is 14.5 Å². The van der Waals surface area contributed by atoms with Crippen molar-refractivity contribution in [3.63, 3.8) is 0 Å². The molecule has 1 saturated carbocycles. The van der Waals surface area contributed by atoms with Crippen LogP contribution in [0.3, 0.4) is 0 Å². The Hall–Kier alpha value is -1.99. The number of ether oxygens (including phenoxy) is 1. The largest absolute Gasteiger partial charge is 0.353 e. The average molecular weight is 389 g/mol. The second-order valence-corrected chi connectivity index (χ2v) is 8.15. The highest BCUT2D eigenvalue weighted by Crippen LogP contribution is 2.41. The number of piperazine rings is 1. The van der Waals surface area contributed by atoms with Crippen molar-refractivity contribution in [2.75, 3.05) is 39.8 Å². The fourth-order valence-corrected chi connectivity index (χ4v) is 4.66. The van der Waals surface area contributed by atoms with Crippen molar-refractivity contribution >= 4 is 11.8 Å². The van der Waals surface area contributed by atoms with E-state index in [9.17, 15) is 14.0 Å². The molecule has 1 aromatic carbocycles. The van der Waals surface area contributed by atoms with Crippen molar-refractivity contribution in [1.29, 1.82) is 0 Å². The van der Waals surface area contributed by atoms with Crippen LogP contribution in [0, 0.1) is 5.82 Å². The van der Waals surface area contributed by atoms with E-state index >= 15 is 0 Å². The summed E-state index contributed by atoms with van der Waals surface area (Å²) in [5.74, 6) is -0.822. The van der Waals surface area contributed by atoms with Gasteiger partial charge in [-0.3, -0.25) is 14.5 Å². The highest BCUT2D eigenvalue weighted by Gasteiger charge is 2.53. The highest BCUT2D eigenvalue weighted by atomic mass is 19.1. The van der Waals surface area contributed by atoms with Crippen LogP contribution in [-0.4, -0.2) is 78.1 Å². The summed E-state index contributed by atoms with van der Waals surface area (Å²) in [5, 5.41) is 0. The third-order valence-electron chi connectivity index (χ3n) is 6.29. The number of carbonyl (C=O) groups excluding carboxylic acids is 2. The maximum Gasteiger partial charge on any atom is 0.256 e. The molecule has 1 spiro atoms. The maximum absolute atomic E-state index is 13.7. The SMILES string of the molecule is CN1CCN(C(=O)C2COC3(CCCCC3)N2C(=O)c2cccc(F)c2)CC1. The molecule has 1 unspecified atom stereocenters. The normalized spacial score (nSPS) is 25.3. The summed E-state index contributed by atoms with van der Waals surface area (Å²) in [6.07, 6.45) is 4.47. The summed E-state index contributed by atoms with van der Waals surface area (Å²) in [6.45, 7) is 3.17. The van der Waals surface area contributed by atoms with Gasteiger partial charge in [0.05, 0.1) is 6.61 Å². The molecule has 28 heavy (non-hydrogen) atoms. The molecule has 2 amide bonds. The quantitative estimate of drug-likeness (QED) is 0.777. The number of halogens is 1. The van der Waals surface area contributed by atoms with Crippen molar-refractivity contribution in [1.82, 2.24) is 14.7 Å². The molecule has 152 valence electrons. The topological polar surface area (TPSA) is 53.1 Å². The molecule has 2 saturated heterocycles. The summed E-state index contributed by atoms with van der Waals surface area (Å²) in [7, 11) is 2.04. The van der Waals surface area contributed by atoms with Gasteiger partial charge >= 0.3 is 0 Å². The van der Waals surface area contributed by atoms with Crippen molar-refractivity contribution in [3.8, 4) is 0 Å². The number of benzene rings is 1. The summed E-state index contributed by atoms with van der Waals surface area (Å²) < 4.78 is 19.9. The lowest BCUT2D eigenvalue weighted by Gasteiger charge is -2.42. The van der Waals surface area contributed by atoms with Crippen LogP contribution in [-0.2, 0) is 9.53 Å². The first-order valence-electron chi connectivity index (χ1n) is 10.2. The monoisotopic (exact) mass is 389 g/mol. The third-order valence-corrected chi connectivity index (χ3v) is 6.29. The van der Waals surface area contributed by atoms with Crippen molar-refractivity contribution in [3.05, 3.63) is 35.6 Å². The fourth-order valence-electron chi connectivity index (χ4n) is 4.66. The van der Waals surface area contributed by atoms with E-state index in [2.05, 4.69) is 4.90 Å². The molecule has 1 atom stereocenters. The zero-order chi connectivity index (χ0) is 19.7. The lowest BCUT2D eigenvalue weighted by Crippen LogP contribution is -2.59. The predicted molar refractivity (Wildman–Crippen MR) is 102 cm³/mol. The lowest BCUT2D eigenvalue weighted by molar-refractivity contribution is -0.138. The molecule has 1 aliphatic carbocycles. The number of nitrogens with zero attached hydrogens (tertiary/aromatic N) is 3. The van der Waals surface area contributed by atoms with Gasteiger partial charge in [-0.25, -0.2) is 4.39 Å². The number of rotatable bonds is 2. The Morgan fingerprint density at radius 1 is 1.11 bits per heavy atom. The van der Waals surface area contributed by atoms with Crippen LogP contribution in [0.2, 0.25) is 0 Å². The van der Waals surface area contributed by atoms with Crippen LogP contribution in [0.4, 0.5) is 4.39 Å². The van der Waals surface area contributed by atoms with Crippen LogP contribution < -0.4 is 0 Å². The summed E-state index contributed by atoms with van der Waals surface area (Å²) in [4.78, 5) is 32.4. The van der Waals surface area contributed by atoms with E-state index in [-0.39, 0.29) is 24.0 Å². The summed E-state index contributed by atoms with van der Waals surface area (Å²) in [5.41, 5.74) is -0.471. The van der Waals surface area contributed by atoms with Crippen molar-refractivity contribution < 1.29 is 18.7 Å². The van der Waals surface area contributed by atoms with E-state index in [1.807, 2.05) is 11.9 Å². The molecule has 6 nitrogen and oxygen atoms in total. The molecule has 0 N–H and O–H groups in total. The van der Waals surface area contributed by atoms with Crippen molar-refractivity contribution in [2.45, 2.75) is 43.9 Å². The molecule has 0 bridgehead atoms. The Kier molecular flexibility index (Phi) is 5.38. The van der Waals surface area contributed by atoms with E-state index < -0.39 is 17.6 Å². The molecule has 2 heterocycles. The van der Waals surface area contributed by atoms with Crippen LogP contribution in [0.25, 0.3) is 0 Å². The van der Waals surface area contributed by atoms with Gasteiger partial charge in [0.25, 0.3) is 5.91 Å². The predicted octanol–water partition coefficient (Wildman–Crippen LogP) is 2.10. The maximum atomic E-state index is 13.7. The first kappa shape index (κ1) is 19.3. The number of hydrogen-bond donors (Lipinski definition) is 0. The average Bonchev–Trinajstić information content (AvgIpc) is 3.06. The van der Waals surface area contributed by atoms with Gasteiger partial charge in [-0.15, -0.1) is 0 Å². The molecule has 3 fully saturated rings. The van der Waals surface area contributed by atoms with Gasteiger partial charge in [0.1, 0.15) is 17.6 Å². The van der Waals surface area contributed by atoms with Gasteiger partial charge in [0.15, 0.2) is 0 Å². The van der Waals surface area contributed by atoms with E-state index in [1.54, 1.807) is 11.0 Å². The Balaban J connectivity index is 1.63. The zero-order valence-electron chi connectivity index (χ0n) is 16.4. The van der Waals surface area contributed by atoms with Gasteiger partial charge in [-0.1, -0.05) is 12.5 Å². The van der Waals surface area contributed by atoms with Gasteiger partial charge in [0, 0.05) is 31.7 Å². The van der Waals surface area contributed by atoms with E-state index in [1.165, 1.54) is 18.2 Å². The number of likely N-dealkylation sites (N-methyl/N-ethyl adjacent to an activating group) is 1. The Bertz CT molecular complexity index is 742. The van der Waals surface area contributed by atoms with Gasteiger partial charge in [0.2, 0.25) is 5.91 Å². The lowest BCUT2D eigenvalue weighted by atomic mass is 9.89. The van der Waals surface area contributed by atoms with Crippen LogP contribution in [0.15, 0.2) is 24.3 Å². The molecular weight excluding hydrogens is 361 g/mol.